The second kappa shape index (κ2) is 8.53. The average Bonchev–Trinajstić information content (AvgIpc) is 3.44. The normalized spacial score (nSPS) is 21.0. The van der Waals surface area contributed by atoms with Crippen LogP contribution in [0.15, 0.2) is 65.7 Å². The molecule has 0 radical (unpaired) electrons. The fraction of sp³-hybridized carbons (Fsp3) is 0.333. The number of imidazole rings is 1. The maximum absolute atomic E-state index is 13.7. The fourth-order valence-corrected chi connectivity index (χ4v) is 4.96. The van der Waals surface area contributed by atoms with Crippen molar-refractivity contribution in [2.75, 3.05) is 13.7 Å². The van der Waals surface area contributed by atoms with Crippen molar-refractivity contribution in [3.05, 3.63) is 83.2 Å². The summed E-state index contributed by atoms with van der Waals surface area (Å²) in [5.74, 6) is 1.06. The van der Waals surface area contributed by atoms with Crippen molar-refractivity contribution in [3.8, 4) is 11.4 Å². The van der Waals surface area contributed by atoms with Gasteiger partial charge in [0.25, 0.3) is 5.72 Å². The van der Waals surface area contributed by atoms with Gasteiger partial charge in [-0.15, -0.1) is 0 Å². The predicted octanol–water partition coefficient (Wildman–Crippen LogP) is 4.78. The van der Waals surface area contributed by atoms with Crippen LogP contribution in [0.4, 0.5) is 4.39 Å². The van der Waals surface area contributed by atoms with Gasteiger partial charge in [0.15, 0.2) is 5.84 Å². The van der Waals surface area contributed by atoms with Gasteiger partial charge in [0, 0.05) is 18.3 Å². The highest BCUT2D eigenvalue weighted by Crippen LogP contribution is 2.47. The number of methoxy groups -OCH3 is 1. The number of nitrogens with zero attached hydrogens (tertiary/aromatic N) is 4. The summed E-state index contributed by atoms with van der Waals surface area (Å²) in [6, 6.07) is 12.0. The number of hydrogen-bond acceptors (Lipinski definition) is 6. The van der Waals surface area contributed by atoms with Crippen LogP contribution in [0, 0.1) is 12.7 Å². The number of aryl methyl sites for hydroxylation is 1. The molecule has 1 unspecified atom stereocenters. The Morgan fingerprint density at radius 2 is 1.97 bits per heavy atom. The number of piperidine rings is 1. The van der Waals surface area contributed by atoms with E-state index in [0.717, 1.165) is 41.1 Å². The molecule has 0 bridgehead atoms. The van der Waals surface area contributed by atoms with Gasteiger partial charge in [-0.3, -0.25) is 0 Å². The molecule has 7 nitrogen and oxygen atoms in total. The second-order valence-corrected chi connectivity index (χ2v) is 9.49. The number of amidine groups is 1. The molecule has 8 heteroatoms. The molecular weight excluding hydrogens is 447 g/mol. The quantitative estimate of drug-likeness (QED) is 0.574. The number of halogens is 1. The van der Waals surface area contributed by atoms with Gasteiger partial charge >= 0.3 is 0 Å². The van der Waals surface area contributed by atoms with Gasteiger partial charge in [-0.05, 0) is 87.2 Å². The number of benzene rings is 2. The summed E-state index contributed by atoms with van der Waals surface area (Å²) in [5, 5.41) is 15.7. The molecule has 2 aliphatic rings. The van der Waals surface area contributed by atoms with Crippen LogP contribution in [-0.2, 0) is 10.6 Å². The molecule has 35 heavy (non-hydrogen) atoms. The summed E-state index contributed by atoms with van der Waals surface area (Å²) in [6.07, 6.45) is 7.46. The van der Waals surface area contributed by atoms with Gasteiger partial charge in [-0.1, -0.05) is 11.2 Å². The summed E-state index contributed by atoms with van der Waals surface area (Å²) in [4.78, 5) is 12.3. The van der Waals surface area contributed by atoms with Crippen LogP contribution in [0.2, 0.25) is 0 Å². The molecule has 0 spiro atoms. The molecule has 1 aromatic heterocycles. The Hall–Kier alpha value is -3.65. The zero-order valence-electron chi connectivity index (χ0n) is 20.3. The summed E-state index contributed by atoms with van der Waals surface area (Å²) in [7, 11) is 1.65. The third-order valence-electron chi connectivity index (χ3n) is 6.61. The Morgan fingerprint density at radius 3 is 2.63 bits per heavy atom. The molecule has 1 atom stereocenters. The van der Waals surface area contributed by atoms with Gasteiger partial charge in [0.05, 0.1) is 24.8 Å². The highest BCUT2D eigenvalue weighted by Gasteiger charge is 2.58. The lowest BCUT2D eigenvalue weighted by Crippen LogP contribution is -2.60. The first-order valence-corrected chi connectivity index (χ1v) is 11.6. The van der Waals surface area contributed by atoms with Gasteiger partial charge < -0.3 is 24.1 Å². The molecule has 2 aromatic carbocycles. The largest absolute Gasteiger partial charge is 0.495 e. The Bertz CT molecular complexity index is 1310. The number of fused-ring (bicyclic) bond motifs is 1. The Morgan fingerprint density at radius 1 is 1.20 bits per heavy atom. The summed E-state index contributed by atoms with van der Waals surface area (Å²) < 4.78 is 21.3. The predicted molar refractivity (Wildman–Crippen MR) is 132 cm³/mol. The molecule has 182 valence electrons. The minimum atomic E-state index is -1.31. The van der Waals surface area contributed by atoms with Gasteiger partial charge in [-0.2, -0.15) is 0 Å². The zero-order valence-corrected chi connectivity index (χ0v) is 20.3. The van der Waals surface area contributed by atoms with Crippen molar-refractivity contribution in [2.24, 2.45) is 5.16 Å². The number of aliphatic hydroxyl groups is 1. The van der Waals surface area contributed by atoms with Crippen LogP contribution in [0.1, 0.15) is 43.5 Å². The molecule has 0 amide bonds. The van der Waals surface area contributed by atoms with E-state index in [4.69, 9.17) is 9.57 Å². The van der Waals surface area contributed by atoms with Gasteiger partial charge in [0.2, 0.25) is 0 Å². The van der Waals surface area contributed by atoms with Crippen molar-refractivity contribution in [1.29, 1.82) is 0 Å². The molecule has 1 N–H and O–H groups in total. The number of aromatic nitrogens is 2. The lowest BCUT2D eigenvalue weighted by molar-refractivity contribution is -0.220. The van der Waals surface area contributed by atoms with Crippen molar-refractivity contribution in [3.63, 3.8) is 0 Å². The number of oxime groups is 1. The number of rotatable bonds is 5. The SMILES string of the molecule is COc1cc(C=C2CCCN3C2=NOC3(c2ccc(F)cc2)C(C)(C)O)ccc1-n1cnc(C)c1. The maximum atomic E-state index is 13.7. The Balaban J connectivity index is 1.51. The maximum Gasteiger partial charge on any atom is 0.265 e. The van der Waals surface area contributed by atoms with E-state index in [2.05, 4.69) is 16.2 Å². The zero-order chi connectivity index (χ0) is 24.8. The fourth-order valence-electron chi connectivity index (χ4n) is 4.96. The Kier molecular flexibility index (Phi) is 5.63. The van der Waals surface area contributed by atoms with E-state index in [1.807, 2.05) is 40.8 Å². The lowest BCUT2D eigenvalue weighted by Gasteiger charge is -2.46. The van der Waals surface area contributed by atoms with Crippen LogP contribution in [0.5, 0.6) is 5.75 Å². The first-order valence-electron chi connectivity index (χ1n) is 11.6. The van der Waals surface area contributed by atoms with E-state index in [9.17, 15) is 9.50 Å². The Labute approximate surface area is 204 Å². The first kappa shape index (κ1) is 23.1. The van der Waals surface area contributed by atoms with Crippen molar-refractivity contribution >= 4 is 11.9 Å². The number of hydrogen-bond donors (Lipinski definition) is 1. The highest BCUT2D eigenvalue weighted by atomic mass is 19.1. The molecule has 2 aliphatic heterocycles. The van der Waals surface area contributed by atoms with E-state index in [1.54, 1.807) is 39.4 Å². The van der Waals surface area contributed by atoms with E-state index in [-0.39, 0.29) is 5.82 Å². The minimum absolute atomic E-state index is 0.346. The molecule has 1 saturated heterocycles. The summed E-state index contributed by atoms with van der Waals surface area (Å²) in [5.41, 5.74) is 1.87. The third-order valence-corrected chi connectivity index (χ3v) is 6.61. The summed E-state index contributed by atoms with van der Waals surface area (Å²) >= 11 is 0. The lowest BCUT2D eigenvalue weighted by atomic mass is 9.84. The van der Waals surface area contributed by atoms with Crippen LogP contribution < -0.4 is 4.74 Å². The highest BCUT2D eigenvalue weighted by molar-refractivity contribution is 6.03. The third kappa shape index (κ3) is 3.87. The van der Waals surface area contributed by atoms with Gasteiger partial charge in [-0.25, -0.2) is 9.37 Å². The van der Waals surface area contributed by atoms with Crippen molar-refractivity contribution in [2.45, 2.75) is 44.9 Å². The van der Waals surface area contributed by atoms with Crippen LogP contribution in [0.25, 0.3) is 11.8 Å². The molecule has 0 aliphatic carbocycles. The van der Waals surface area contributed by atoms with Crippen LogP contribution in [-0.4, -0.2) is 44.6 Å². The number of ether oxygens (including phenoxy) is 1. The smallest absolute Gasteiger partial charge is 0.265 e. The van der Waals surface area contributed by atoms with E-state index < -0.39 is 11.3 Å². The van der Waals surface area contributed by atoms with Crippen molar-refractivity contribution < 1.29 is 19.1 Å². The molecule has 1 fully saturated rings. The molecule has 5 rings (SSSR count). The average molecular weight is 477 g/mol. The first-order chi connectivity index (χ1) is 16.7. The molecule has 0 saturated carbocycles. The minimum Gasteiger partial charge on any atom is -0.495 e. The van der Waals surface area contributed by atoms with E-state index in [0.29, 0.717) is 17.9 Å². The van der Waals surface area contributed by atoms with E-state index >= 15 is 0 Å². The van der Waals surface area contributed by atoms with Crippen LogP contribution in [0.3, 0.4) is 0 Å². The molecular formula is C27H29FN4O3. The standard InChI is InChI=1S/C27H29FN4O3/c1-18-16-31(17-29-18)23-12-7-19(15-24(23)34-4)14-20-6-5-13-32-25(20)30-35-27(32,26(2,3)33)21-8-10-22(28)11-9-21/h7-12,14-17,33H,5-6,13H2,1-4H3. The second-order valence-electron chi connectivity index (χ2n) is 9.49. The topological polar surface area (TPSA) is 72.1 Å². The van der Waals surface area contributed by atoms with Gasteiger partial charge in [0.1, 0.15) is 17.2 Å². The van der Waals surface area contributed by atoms with Crippen molar-refractivity contribution in [1.82, 2.24) is 14.5 Å². The monoisotopic (exact) mass is 476 g/mol. The molecule has 3 heterocycles. The van der Waals surface area contributed by atoms with Crippen LogP contribution >= 0.6 is 0 Å². The molecule has 3 aromatic rings. The van der Waals surface area contributed by atoms with E-state index in [1.165, 1.54) is 12.1 Å². The summed E-state index contributed by atoms with van der Waals surface area (Å²) in [6.45, 7) is 5.98.